The first kappa shape index (κ1) is 20.3. The smallest absolute Gasteiger partial charge is 0.233 e. The van der Waals surface area contributed by atoms with Crippen LogP contribution in [0.3, 0.4) is 0 Å². The van der Waals surface area contributed by atoms with Crippen molar-refractivity contribution in [3.8, 4) is 0 Å². The highest BCUT2D eigenvalue weighted by Crippen LogP contribution is 2.12. The van der Waals surface area contributed by atoms with Gasteiger partial charge in [0.25, 0.3) is 0 Å². The molecular weight excluding hydrogens is 285 g/mol. The maximum atomic E-state index is 10.9. The molecule has 0 radical (unpaired) electrons. The number of carbonyl (C=O) groups excluding carboxylic acids is 1. The molecule has 0 saturated carbocycles. The Balaban J connectivity index is 0. The van der Waals surface area contributed by atoms with E-state index in [2.05, 4.69) is 29.3 Å². The molecule has 0 unspecified atom stereocenters. The van der Waals surface area contributed by atoms with Gasteiger partial charge in [0.05, 0.1) is 6.54 Å². The van der Waals surface area contributed by atoms with E-state index in [-0.39, 0.29) is 37.3 Å². The van der Waals surface area contributed by atoms with E-state index in [0.717, 1.165) is 19.5 Å². The summed E-state index contributed by atoms with van der Waals surface area (Å²) in [6.45, 7) is 4.78. The Kier molecular flexibility index (Phi) is 12.9. The van der Waals surface area contributed by atoms with Crippen molar-refractivity contribution in [3.05, 3.63) is 30.3 Å². The van der Waals surface area contributed by atoms with Crippen LogP contribution in [-0.2, 0) is 4.79 Å². The number of benzene rings is 1. The zero-order valence-corrected chi connectivity index (χ0v) is 12.8. The number of hydrogen-bond acceptors (Lipinski definition) is 3. The van der Waals surface area contributed by atoms with Crippen molar-refractivity contribution in [3.63, 3.8) is 0 Å². The predicted molar refractivity (Wildman–Crippen MR) is 85.5 cm³/mol. The number of nitrogens with one attached hydrogen (secondary N) is 1. The molecule has 0 aliphatic carbocycles. The van der Waals surface area contributed by atoms with Gasteiger partial charge in [-0.05, 0) is 25.5 Å². The van der Waals surface area contributed by atoms with Gasteiger partial charge in [-0.3, -0.25) is 4.79 Å². The number of halogens is 2. The first-order chi connectivity index (χ1) is 8.27. The quantitative estimate of drug-likeness (QED) is 0.756. The third-order valence-corrected chi connectivity index (χ3v) is 2.62. The number of para-hydroxylation sites is 1. The first-order valence-corrected chi connectivity index (χ1v) is 6.04. The zero-order chi connectivity index (χ0) is 12.5. The second-order valence-corrected chi connectivity index (χ2v) is 3.82. The molecule has 19 heavy (non-hydrogen) atoms. The Morgan fingerprint density at radius 2 is 1.89 bits per heavy atom. The molecule has 0 aliphatic rings. The van der Waals surface area contributed by atoms with Crippen LogP contribution in [-0.4, -0.2) is 32.1 Å². The molecule has 3 N–H and O–H groups in total. The van der Waals surface area contributed by atoms with Crippen molar-refractivity contribution < 1.29 is 4.79 Å². The van der Waals surface area contributed by atoms with Gasteiger partial charge in [-0.1, -0.05) is 18.2 Å². The van der Waals surface area contributed by atoms with E-state index in [4.69, 9.17) is 5.73 Å². The fourth-order valence-electron chi connectivity index (χ4n) is 1.68. The molecule has 6 heteroatoms. The number of carbonyl (C=O) groups is 1. The van der Waals surface area contributed by atoms with Gasteiger partial charge in [0.2, 0.25) is 5.91 Å². The number of nitrogens with two attached hydrogens (primary N) is 1. The monoisotopic (exact) mass is 307 g/mol. The molecule has 0 atom stereocenters. The highest BCUT2D eigenvalue weighted by molar-refractivity contribution is 5.85. The molecule has 110 valence electrons. The number of hydrogen-bond donors (Lipinski definition) is 2. The molecule has 1 aromatic carbocycles. The van der Waals surface area contributed by atoms with Crippen LogP contribution in [0, 0.1) is 0 Å². The van der Waals surface area contributed by atoms with E-state index < -0.39 is 0 Å². The Labute approximate surface area is 127 Å². The largest absolute Gasteiger partial charge is 0.372 e. The van der Waals surface area contributed by atoms with Crippen LogP contribution in [0.1, 0.15) is 13.3 Å². The molecule has 0 heterocycles. The van der Waals surface area contributed by atoms with E-state index in [1.54, 1.807) is 0 Å². The summed E-state index contributed by atoms with van der Waals surface area (Å²) in [5.74, 6) is -0.0900. The lowest BCUT2D eigenvalue weighted by Gasteiger charge is -2.23. The van der Waals surface area contributed by atoms with Crippen LogP contribution in [0.2, 0.25) is 0 Å². The van der Waals surface area contributed by atoms with Gasteiger partial charge in [0, 0.05) is 25.3 Å². The highest BCUT2D eigenvalue weighted by atomic mass is 35.5. The van der Waals surface area contributed by atoms with Gasteiger partial charge < -0.3 is 16.0 Å². The summed E-state index contributed by atoms with van der Waals surface area (Å²) in [5.41, 5.74) is 6.43. The normalized spacial score (nSPS) is 8.95. The van der Waals surface area contributed by atoms with Crippen molar-refractivity contribution in [2.24, 2.45) is 5.73 Å². The Morgan fingerprint density at radius 1 is 1.26 bits per heavy atom. The van der Waals surface area contributed by atoms with Crippen LogP contribution in [0.4, 0.5) is 5.69 Å². The summed E-state index contributed by atoms with van der Waals surface area (Å²) in [7, 11) is 0. The number of rotatable bonds is 7. The molecule has 0 spiro atoms. The molecule has 1 rings (SSSR count). The van der Waals surface area contributed by atoms with Crippen molar-refractivity contribution in [2.75, 3.05) is 31.1 Å². The average Bonchev–Trinajstić information content (AvgIpc) is 2.39. The fraction of sp³-hybridized carbons (Fsp3) is 0.462. The van der Waals surface area contributed by atoms with Gasteiger partial charge in [-0.2, -0.15) is 0 Å². The second-order valence-electron chi connectivity index (χ2n) is 3.82. The summed E-state index contributed by atoms with van der Waals surface area (Å²) in [6, 6.07) is 10.3. The molecule has 0 bridgehead atoms. The second kappa shape index (κ2) is 12.1. The van der Waals surface area contributed by atoms with Crippen LogP contribution >= 0.6 is 24.8 Å². The lowest BCUT2D eigenvalue weighted by Crippen LogP contribution is -2.33. The SMILES string of the molecule is CCN(CCCNC(=O)CN)c1ccccc1.Cl.Cl. The molecule has 0 saturated heterocycles. The minimum Gasteiger partial charge on any atom is -0.372 e. The van der Waals surface area contributed by atoms with Gasteiger partial charge in [0.15, 0.2) is 0 Å². The van der Waals surface area contributed by atoms with Crippen LogP contribution in [0.15, 0.2) is 30.3 Å². The third-order valence-electron chi connectivity index (χ3n) is 2.62. The lowest BCUT2D eigenvalue weighted by molar-refractivity contribution is -0.119. The molecule has 0 aromatic heterocycles. The predicted octanol–water partition coefficient (Wildman–Crippen LogP) is 1.82. The number of amides is 1. The summed E-state index contributed by atoms with van der Waals surface area (Å²) in [5, 5.41) is 2.77. The Hall–Kier alpha value is -0.970. The molecule has 0 aliphatic heterocycles. The van der Waals surface area contributed by atoms with Gasteiger partial charge in [0.1, 0.15) is 0 Å². The number of anilines is 1. The maximum Gasteiger partial charge on any atom is 0.233 e. The molecular formula is C13H23Cl2N3O. The van der Waals surface area contributed by atoms with Crippen molar-refractivity contribution in [1.82, 2.24) is 5.32 Å². The van der Waals surface area contributed by atoms with Gasteiger partial charge in [-0.25, -0.2) is 0 Å². The van der Waals surface area contributed by atoms with E-state index in [0.29, 0.717) is 6.54 Å². The minimum atomic E-state index is -0.0900. The third kappa shape index (κ3) is 7.93. The van der Waals surface area contributed by atoms with Crippen LogP contribution in [0.5, 0.6) is 0 Å². The maximum absolute atomic E-state index is 10.9. The van der Waals surface area contributed by atoms with Crippen molar-refractivity contribution >= 4 is 36.4 Å². The van der Waals surface area contributed by atoms with E-state index in [1.807, 2.05) is 18.2 Å². The van der Waals surface area contributed by atoms with Gasteiger partial charge in [-0.15, -0.1) is 24.8 Å². The molecule has 1 aromatic rings. The van der Waals surface area contributed by atoms with Gasteiger partial charge >= 0.3 is 0 Å². The standard InChI is InChI=1S/C13H21N3O.2ClH/c1-2-16(12-7-4-3-5-8-12)10-6-9-15-13(17)11-14;;/h3-5,7-8H,2,6,9-11,14H2,1H3,(H,15,17);2*1H. The topological polar surface area (TPSA) is 58.4 Å². The van der Waals surface area contributed by atoms with Crippen molar-refractivity contribution in [1.29, 1.82) is 0 Å². The zero-order valence-electron chi connectivity index (χ0n) is 11.2. The van der Waals surface area contributed by atoms with Crippen LogP contribution < -0.4 is 16.0 Å². The molecule has 0 fully saturated rings. The summed E-state index contributed by atoms with van der Waals surface area (Å²) >= 11 is 0. The first-order valence-electron chi connectivity index (χ1n) is 6.04. The highest BCUT2D eigenvalue weighted by Gasteiger charge is 2.03. The minimum absolute atomic E-state index is 0. The Morgan fingerprint density at radius 3 is 2.42 bits per heavy atom. The summed E-state index contributed by atoms with van der Waals surface area (Å²) < 4.78 is 0. The lowest BCUT2D eigenvalue weighted by atomic mass is 10.2. The molecule has 1 amide bonds. The van der Waals surface area contributed by atoms with Crippen LogP contribution in [0.25, 0.3) is 0 Å². The summed E-state index contributed by atoms with van der Waals surface area (Å²) in [4.78, 5) is 13.2. The fourth-order valence-corrected chi connectivity index (χ4v) is 1.68. The van der Waals surface area contributed by atoms with Crippen molar-refractivity contribution in [2.45, 2.75) is 13.3 Å². The number of nitrogens with zero attached hydrogens (tertiary/aromatic N) is 1. The van der Waals surface area contributed by atoms with E-state index in [9.17, 15) is 4.79 Å². The summed E-state index contributed by atoms with van der Waals surface area (Å²) in [6.07, 6.45) is 0.925. The Bertz CT molecular complexity index is 336. The molecule has 4 nitrogen and oxygen atoms in total. The van der Waals surface area contributed by atoms with E-state index in [1.165, 1.54) is 5.69 Å². The average molecular weight is 308 g/mol. The van der Waals surface area contributed by atoms with E-state index >= 15 is 0 Å².